The summed E-state index contributed by atoms with van der Waals surface area (Å²) >= 11 is 3.26. The average molecular weight is 364 g/mol. The number of unbranched alkanes of at least 4 members (excludes halogenated alkanes) is 2. The van der Waals surface area contributed by atoms with Gasteiger partial charge in [-0.3, -0.25) is 4.79 Å². The zero-order valence-electron chi connectivity index (χ0n) is 11.3. The molecule has 7 heteroatoms. The minimum absolute atomic E-state index is 0.236. The number of nitrogens with one attached hydrogen (secondary N) is 1. The maximum absolute atomic E-state index is 11.9. The molecule has 0 atom stereocenters. The molecule has 20 heavy (non-hydrogen) atoms. The predicted octanol–water partition coefficient (Wildman–Crippen LogP) is 2.46. The Morgan fingerprint density at radius 3 is 2.45 bits per heavy atom. The summed E-state index contributed by atoms with van der Waals surface area (Å²) in [6, 6.07) is 6.46. The van der Waals surface area contributed by atoms with E-state index in [0.29, 0.717) is 25.8 Å². The zero-order chi connectivity index (χ0) is 15.0. The Balaban J connectivity index is 2.30. The fraction of sp³-hybridized carbons (Fsp3) is 0.462. The van der Waals surface area contributed by atoms with Crippen LogP contribution in [0.15, 0.2) is 33.6 Å². The normalized spacial score (nSPS) is 11.3. The van der Waals surface area contributed by atoms with Crippen LogP contribution in [0.5, 0.6) is 0 Å². The Morgan fingerprint density at radius 1 is 1.20 bits per heavy atom. The number of carbonyl (C=O) groups excluding carboxylic acids is 1. The Morgan fingerprint density at radius 2 is 1.85 bits per heavy atom. The summed E-state index contributed by atoms with van der Waals surface area (Å²) in [7, 11) is -2.09. The van der Waals surface area contributed by atoms with Gasteiger partial charge in [0.1, 0.15) is 0 Å². The molecule has 0 aliphatic heterocycles. The van der Waals surface area contributed by atoms with Crippen LogP contribution in [0.25, 0.3) is 0 Å². The number of carbonyl (C=O) groups is 1. The standard InChI is InChI=1S/C13H18BrNO4S/c1-19-13(16)5-3-2-4-10-15-20(17,18)12-8-6-11(14)7-9-12/h6-9,15H,2-5,10H2,1H3. The summed E-state index contributed by atoms with van der Waals surface area (Å²) in [5, 5.41) is 0. The molecule has 0 heterocycles. The molecule has 0 amide bonds. The molecule has 0 unspecified atom stereocenters. The topological polar surface area (TPSA) is 72.5 Å². The van der Waals surface area contributed by atoms with Crippen LogP contribution in [0.2, 0.25) is 0 Å². The molecule has 0 saturated heterocycles. The lowest BCUT2D eigenvalue weighted by molar-refractivity contribution is -0.140. The molecule has 0 aliphatic carbocycles. The molecule has 0 radical (unpaired) electrons. The van der Waals surface area contributed by atoms with E-state index in [2.05, 4.69) is 25.4 Å². The van der Waals surface area contributed by atoms with Crippen LogP contribution in [0, 0.1) is 0 Å². The summed E-state index contributed by atoms with van der Waals surface area (Å²) in [6.45, 7) is 0.361. The first kappa shape index (κ1) is 17.1. The molecule has 0 bridgehead atoms. The van der Waals surface area contributed by atoms with Crippen molar-refractivity contribution < 1.29 is 17.9 Å². The fourth-order valence-electron chi connectivity index (χ4n) is 1.58. The van der Waals surface area contributed by atoms with Crippen molar-refractivity contribution in [2.75, 3.05) is 13.7 Å². The second-order valence-corrected chi connectivity index (χ2v) is 6.92. The van der Waals surface area contributed by atoms with Crippen molar-refractivity contribution in [3.05, 3.63) is 28.7 Å². The molecule has 0 aliphatic rings. The SMILES string of the molecule is COC(=O)CCCCCNS(=O)(=O)c1ccc(Br)cc1. The molecule has 5 nitrogen and oxygen atoms in total. The van der Waals surface area contributed by atoms with Crippen LogP contribution in [-0.4, -0.2) is 28.0 Å². The quantitative estimate of drug-likeness (QED) is 0.568. The number of hydrogen-bond acceptors (Lipinski definition) is 4. The van der Waals surface area contributed by atoms with E-state index in [1.807, 2.05) is 0 Å². The van der Waals surface area contributed by atoms with Crippen LogP contribution in [0.3, 0.4) is 0 Å². The highest BCUT2D eigenvalue weighted by atomic mass is 79.9. The third kappa shape index (κ3) is 6.02. The first-order valence-corrected chi connectivity index (χ1v) is 8.55. The number of esters is 1. The molecular weight excluding hydrogens is 346 g/mol. The largest absolute Gasteiger partial charge is 0.469 e. The molecule has 1 aromatic rings. The molecule has 112 valence electrons. The highest BCUT2D eigenvalue weighted by molar-refractivity contribution is 9.10. The third-order valence-corrected chi connectivity index (χ3v) is 4.71. The van der Waals surface area contributed by atoms with Gasteiger partial charge < -0.3 is 4.74 Å². The maximum Gasteiger partial charge on any atom is 0.305 e. The van der Waals surface area contributed by atoms with Crippen molar-refractivity contribution in [3.8, 4) is 0 Å². The highest BCUT2D eigenvalue weighted by Crippen LogP contribution is 2.14. The second kappa shape index (κ2) is 8.39. The first-order valence-electron chi connectivity index (χ1n) is 6.28. The third-order valence-electron chi connectivity index (χ3n) is 2.70. The lowest BCUT2D eigenvalue weighted by Crippen LogP contribution is -2.24. The monoisotopic (exact) mass is 363 g/mol. The van der Waals surface area contributed by atoms with E-state index in [-0.39, 0.29) is 10.9 Å². The van der Waals surface area contributed by atoms with Crippen molar-refractivity contribution >= 4 is 31.9 Å². The lowest BCUT2D eigenvalue weighted by atomic mass is 10.2. The van der Waals surface area contributed by atoms with Gasteiger partial charge in [0.15, 0.2) is 0 Å². The summed E-state index contributed by atoms with van der Waals surface area (Å²) in [5.74, 6) is -0.236. The van der Waals surface area contributed by atoms with Gasteiger partial charge in [0.05, 0.1) is 12.0 Å². The molecule has 1 aromatic carbocycles. The number of sulfonamides is 1. The first-order chi connectivity index (χ1) is 9.45. The minimum atomic E-state index is -3.45. The summed E-state index contributed by atoms with van der Waals surface area (Å²) < 4.78 is 31.8. The average Bonchev–Trinajstić information content (AvgIpc) is 2.42. The van der Waals surface area contributed by atoms with E-state index in [9.17, 15) is 13.2 Å². The van der Waals surface area contributed by atoms with Crippen LogP contribution in [0.1, 0.15) is 25.7 Å². The molecule has 1 N–H and O–H groups in total. The lowest BCUT2D eigenvalue weighted by Gasteiger charge is -2.06. The molecule has 0 spiro atoms. The smallest absolute Gasteiger partial charge is 0.305 e. The number of hydrogen-bond donors (Lipinski definition) is 1. The van der Waals surface area contributed by atoms with Gasteiger partial charge in [-0.2, -0.15) is 0 Å². The summed E-state index contributed by atoms with van der Waals surface area (Å²) in [6.07, 6.45) is 2.54. The summed E-state index contributed by atoms with van der Waals surface area (Å²) in [4.78, 5) is 11.1. The summed E-state index contributed by atoms with van der Waals surface area (Å²) in [5.41, 5.74) is 0. The van der Waals surface area contributed by atoms with Crippen molar-refractivity contribution in [1.29, 1.82) is 0 Å². The van der Waals surface area contributed by atoms with Crippen molar-refractivity contribution in [1.82, 2.24) is 4.72 Å². The van der Waals surface area contributed by atoms with Gasteiger partial charge in [0.2, 0.25) is 10.0 Å². The van der Waals surface area contributed by atoms with Gasteiger partial charge in [-0.05, 0) is 37.1 Å². The Bertz CT molecular complexity index is 528. The van der Waals surface area contributed by atoms with Gasteiger partial charge in [0.25, 0.3) is 0 Å². The van der Waals surface area contributed by atoms with Gasteiger partial charge in [-0.25, -0.2) is 13.1 Å². The zero-order valence-corrected chi connectivity index (χ0v) is 13.7. The predicted molar refractivity (Wildman–Crippen MR) is 79.8 cm³/mol. The van der Waals surface area contributed by atoms with E-state index in [1.165, 1.54) is 7.11 Å². The van der Waals surface area contributed by atoms with Gasteiger partial charge in [0, 0.05) is 17.4 Å². The van der Waals surface area contributed by atoms with E-state index in [1.54, 1.807) is 24.3 Å². The highest BCUT2D eigenvalue weighted by Gasteiger charge is 2.12. The van der Waals surface area contributed by atoms with Gasteiger partial charge in [-0.15, -0.1) is 0 Å². The molecule has 1 rings (SSSR count). The maximum atomic E-state index is 11.9. The van der Waals surface area contributed by atoms with E-state index in [0.717, 1.165) is 10.9 Å². The van der Waals surface area contributed by atoms with Gasteiger partial charge >= 0.3 is 5.97 Å². The van der Waals surface area contributed by atoms with Crippen LogP contribution >= 0.6 is 15.9 Å². The number of halogens is 1. The molecule has 0 aromatic heterocycles. The second-order valence-electron chi connectivity index (χ2n) is 4.24. The Labute approximate surface area is 127 Å². The fourth-order valence-corrected chi connectivity index (χ4v) is 2.92. The Hall–Kier alpha value is -0.920. The number of rotatable bonds is 8. The minimum Gasteiger partial charge on any atom is -0.469 e. The van der Waals surface area contributed by atoms with Crippen LogP contribution < -0.4 is 4.72 Å². The van der Waals surface area contributed by atoms with E-state index < -0.39 is 10.0 Å². The van der Waals surface area contributed by atoms with E-state index in [4.69, 9.17) is 0 Å². The number of benzene rings is 1. The van der Waals surface area contributed by atoms with Crippen molar-refractivity contribution in [2.24, 2.45) is 0 Å². The molecular formula is C13H18BrNO4S. The molecule has 0 fully saturated rings. The van der Waals surface area contributed by atoms with Crippen LogP contribution in [-0.2, 0) is 19.6 Å². The molecule has 0 saturated carbocycles. The van der Waals surface area contributed by atoms with Crippen molar-refractivity contribution in [2.45, 2.75) is 30.6 Å². The van der Waals surface area contributed by atoms with Gasteiger partial charge in [-0.1, -0.05) is 22.4 Å². The van der Waals surface area contributed by atoms with Crippen LogP contribution in [0.4, 0.5) is 0 Å². The Kier molecular flexibility index (Phi) is 7.18. The van der Waals surface area contributed by atoms with E-state index >= 15 is 0 Å². The number of ether oxygens (including phenoxy) is 1. The van der Waals surface area contributed by atoms with Crippen molar-refractivity contribution in [3.63, 3.8) is 0 Å². The number of methoxy groups -OCH3 is 1.